The van der Waals surface area contributed by atoms with E-state index in [9.17, 15) is 23.3 Å². The molecule has 1 aromatic carbocycles. The minimum absolute atomic E-state index is 0.0224. The highest BCUT2D eigenvalue weighted by Gasteiger charge is 2.35. The van der Waals surface area contributed by atoms with Crippen LogP contribution < -0.4 is 5.32 Å². The molecule has 1 aromatic rings. The van der Waals surface area contributed by atoms with Gasteiger partial charge in [-0.2, -0.15) is 4.31 Å². The highest BCUT2D eigenvalue weighted by atomic mass is 32.2. The number of benzene rings is 1. The number of nitro groups is 1. The highest BCUT2D eigenvalue weighted by Crippen LogP contribution is 2.25. The van der Waals surface area contributed by atoms with Crippen LogP contribution in [0.15, 0.2) is 29.2 Å². The highest BCUT2D eigenvalue weighted by molar-refractivity contribution is 7.89. The van der Waals surface area contributed by atoms with Gasteiger partial charge in [-0.05, 0) is 18.9 Å². The Bertz CT molecular complexity index is 782. The van der Waals surface area contributed by atoms with E-state index in [4.69, 9.17) is 0 Å². The second kappa shape index (κ2) is 7.06. The molecule has 2 heterocycles. The molecular formula is C15H20N4O5S. The number of nitrogens with one attached hydrogen (secondary N) is 1. The number of piperazine rings is 1. The number of nitro benzene ring substituents is 1. The predicted molar refractivity (Wildman–Crippen MR) is 89.5 cm³/mol. The molecule has 0 aromatic heterocycles. The zero-order valence-electron chi connectivity index (χ0n) is 13.6. The van der Waals surface area contributed by atoms with Crippen LogP contribution in [0.2, 0.25) is 0 Å². The number of hydrogen-bond donors (Lipinski definition) is 1. The van der Waals surface area contributed by atoms with Crippen LogP contribution in [0.1, 0.15) is 12.8 Å². The van der Waals surface area contributed by atoms with Crippen molar-refractivity contribution in [3.63, 3.8) is 0 Å². The molecular weight excluding hydrogens is 348 g/mol. The summed E-state index contributed by atoms with van der Waals surface area (Å²) in [7, 11) is -3.83. The van der Waals surface area contributed by atoms with Gasteiger partial charge in [-0.3, -0.25) is 14.9 Å². The Hall–Kier alpha value is -2.04. The van der Waals surface area contributed by atoms with E-state index in [1.54, 1.807) is 4.90 Å². The molecule has 1 amide bonds. The maximum atomic E-state index is 12.9. The van der Waals surface area contributed by atoms with Gasteiger partial charge < -0.3 is 10.2 Å². The Morgan fingerprint density at radius 2 is 2.08 bits per heavy atom. The van der Waals surface area contributed by atoms with Gasteiger partial charge in [0, 0.05) is 44.4 Å². The fourth-order valence-electron chi connectivity index (χ4n) is 3.31. The molecule has 1 atom stereocenters. The van der Waals surface area contributed by atoms with Crippen LogP contribution in [0.4, 0.5) is 5.69 Å². The van der Waals surface area contributed by atoms with Crippen molar-refractivity contribution in [2.45, 2.75) is 23.8 Å². The number of carbonyl (C=O) groups is 1. The largest absolute Gasteiger partial charge is 0.336 e. The van der Waals surface area contributed by atoms with Gasteiger partial charge in [-0.1, -0.05) is 6.07 Å². The van der Waals surface area contributed by atoms with Crippen molar-refractivity contribution in [3.05, 3.63) is 34.4 Å². The van der Waals surface area contributed by atoms with Crippen LogP contribution in [-0.4, -0.2) is 67.2 Å². The number of piperidine rings is 1. The Balaban J connectivity index is 1.81. The lowest BCUT2D eigenvalue weighted by molar-refractivity contribution is -0.385. The first kappa shape index (κ1) is 17.8. The normalized spacial score (nSPS) is 22.8. The van der Waals surface area contributed by atoms with Crippen molar-refractivity contribution < 1.29 is 18.1 Å². The summed E-state index contributed by atoms with van der Waals surface area (Å²) >= 11 is 0. The van der Waals surface area contributed by atoms with Crippen molar-refractivity contribution in [1.82, 2.24) is 14.5 Å². The van der Waals surface area contributed by atoms with Crippen molar-refractivity contribution in [2.24, 2.45) is 0 Å². The van der Waals surface area contributed by atoms with Crippen molar-refractivity contribution >= 4 is 21.6 Å². The molecule has 0 spiro atoms. The van der Waals surface area contributed by atoms with E-state index in [1.165, 1.54) is 22.5 Å². The lowest BCUT2D eigenvalue weighted by Gasteiger charge is -2.40. The van der Waals surface area contributed by atoms with Crippen molar-refractivity contribution in [3.8, 4) is 0 Å². The standard InChI is InChI=1S/C15H20N4O5S/c20-15-10-16-6-8-18(15)13-4-2-7-17(11-13)25(23,24)14-5-1-3-12(9-14)19(21)22/h1,3,5,9,13,16H,2,4,6-8,10-11H2. The van der Waals surface area contributed by atoms with E-state index in [1.807, 2.05) is 0 Å². The molecule has 2 saturated heterocycles. The monoisotopic (exact) mass is 368 g/mol. The number of nitrogens with zero attached hydrogens (tertiary/aromatic N) is 3. The number of non-ortho nitro benzene ring substituents is 1. The van der Waals surface area contributed by atoms with Crippen LogP contribution in [0.3, 0.4) is 0 Å². The number of carbonyl (C=O) groups excluding carboxylic acids is 1. The molecule has 9 nitrogen and oxygen atoms in total. The van der Waals surface area contributed by atoms with Gasteiger partial charge in [0.2, 0.25) is 15.9 Å². The van der Waals surface area contributed by atoms with Crippen LogP contribution in [-0.2, 0) is 14.8 Å². The van der Waals surface area contributed by atoms with E-state index in [0.29, 0.717) is 26.1 Å². The van der Waals surface area contributed by atoms with Gasteiger partial charge in [0.1, 0.15) is 0 Å². The lowest BCUT2D eigenvalue weighted by atomic mass is 10.1. The molecule has 3 rings (SSSR count). The van der Waals surface area contributed by atoms with Gasteiger partial charge in [0.25, 0.3) is 5.69 Å². The van der Waals surface area contributed by atoms with E-state index < -0.39 is 14.9 Å². The third kappa shape index (κ3) is 3.65. The molecule has 0 radical (unpaired) electrons. The van der Waals surface area contributed by atoms with Gasteiger partial charge in [0.15, 0.2) is 0 Å². The van der Waals surface area contributed by atoms with Crippen molar-refractivity contribution in [1.29, 1.82) is 0 Å². The topological polar surface area (TPSA) is 113 Å². The molecule has 1 N–H and O–H groups in total. The molecule has 2 aliphatic rings. The van der Waals surface area contributed by atoms with Gasteiger partial charge in [-0.25, -0.2) is 8.42 Å². The van der Waals surface area contributed by atoms with Gasteiger partial charge in [0.05, 0.1) is 16.4 Å². The van der Waals surface area contributed by atoms with Crippen molar-refractivity contribution in [2.75, 3.05) is 32.7 Å². The first-order valence-corrected chi connectivity index (χ1v) is 9.58. The summed E-state index contributed by atoms with van der Waals surface area (Å²) in [5.74, 6) is -0.0224. The molecule has 25 heavy (non-hydrogen) atoms. The zero-order chi connectivity index (χ0) is 18.0. The second-order valence-corrected chi connectivity index (χ2v) is 8.12. The van der Waals surface area contributed by atoms with E-state index >= 15 is 0 Å². The Kier molecular flexibility index (Phi) is 5.02. The van der Waals surface area contributed by atoms with E-state index in [2.05, 4.69) is 5.32 Å². The van der Waals surface area contributed by atoms with Crippen LogP contribution >= 0.6 is 0 Å². The quantitative estimate of drug-likeness (QED) is 0.599. The first-order chi connectivity index (χ1) is 11.9. The summed E-state index contributed by atoms with van der Waals surface area (Å²) in [6.45, 7) is 2.10. The van der Waals surface area contributed by atoms with Gasteiger partial charge >= 0.3 is 0 Å². The molecule has 0 saturated carbocycles. The van der Waals surface area contributed by atoms with E-state index in [0.717, 1.165) is 12.5 Å². The SMILES string of the molecule is O=C1CNCCN1C1CCCN(S(=O)(=O)c2cccc([N+](=O)[O-])c2)C1. The minimum atomic E-state index is -3.83. The summed E-state index contributed by atoms with van der Waals surface area (Å²) in [5, 5.41) is 13.9. The van der Waals surface area contributed by atoms with E-state index in [-0.39, 0.29) is 35.6 Å². The minimum Gasteiger partial charge on any atom is -0.336 e. The molecule has 2 fully saturated rings. The summed E-state index contributed by atoms with van der Waals surface area (Å²) in [6, 6.07) is 4.91. The lowest BCUT2D eigenvalue weighted by Crippen LogP contribution is -2.57. The number of amides is 1. The smallest absolute Gasteiger partial charge is 0.270 e. The van der Waals surface area contributed by atoms with Gasteiger partial charge in [-0.15, -0.1) is 0 Å². The number of sulfonamides is 1. The second-order valence-electron chi connectivity index (χ2n) is 6.18. The average molecular weight is 368 g/mol. The molecule has 0 bridgehead atoms. The summed E-state index contributed by atoms with van der Waals surface area (Å²) in [6.07, 6.45) is 1.41. The first-order valence-electron chi connectivity index (χ1n) is 8.14. The third-order valence-electron chi connectivity index (χ3n) is 4.59. The molecule has 0 aliphatic carbocycles. The fraction of sp³-hybridized carbons (Fsp3) is 0.533. The average Bonchev–Trinajstić information content (AvgIpc) is 2.62. The predicted octanol–water partition coefficient (Wildman–Crippen LogP) is 0.180. The van der Waals surface area contributed by atoms with Crippen LogP contribution in [0.5, 0.6) is 0 Å². The molecule has 10 heteroatoms. The summed E-state index contributed by atoms with van der Waals surface area (Å²) in [5.41, 5.74) is -0.257. The zero-order valence-corrected chi connectivity index (χ0v) is 14.4. The molecule has 136 valence electrons. The molecule has 1 unspecified atom stereocenters. The maximum Gasteiger partial charge on any atom is 0.270 e. The summed E-state index contributed by atoms with van der Waals surface area (Å²) < 4.78 is 27.0. The fourth-order valence-corrected chi connectivity index (χ4v) is 4.86. The maximum absolute atomic E-state index is 12.9. The Morgan fingerprint density at radius 1 is 1.28 bits per heavy atom. The Morgan fingerprint density at radius 3 is 2.80 bits per heavy atom. The Labute approximate surface area is 145 Å². The number of hydrogen-bond acceptors (Lipinski definition) is 6. The third-order valence-corrected chi connectivity index (χ3v) is 6.45. The molecule has 2 aliphatic heterocycles. The number of rotatable bonds is 4. The summed E-state index contributed by atoms with van der Waals surface area (Å²) in [4.78, 5) is 24.0. The van der Waals surface area contributed by atoms with Crippen LogP contribution in [0, 0.1) is 10.1 Å². The van der Waals surface area contributed by atoms with Crippen LogP contribution in [0.25, 0.3) is 0 Å².